The molecule has 1 aromatic heterocycles. The van der Waals surface area contributed by atoms with E-state index in [9.17, 15) is 4.79 Å². The van der Waals surface area contributed by atoms with Crippen LogP contribution in [0.1, 0.15) is 16.1 Å². The Morgan fingerprint density at radius 1 is 1.37 bits per heavy atom. The predicted molar refractivity (Wildman–Crippen MR) is 115 cm³/mol. The van der Waals surface area contributed by atoms with Crippen LogP contribution < -0.4 is 10.1 Å². The van der Waals surface area contributed by atoms with E-state index in [1.165, 1.54) is 7.11 Å². The number of esters is 1. The molecule has 0 radical (unpaired) electrons. The summed E-state index contributed by atoms with van der Waals surface area (Å²) in [6.45, 7) is 1.01. The lowest BCUT2D eigenvalue weighted by Crippen LogP contribution is -2.15. The third-order valence-electron chi connectivity index (χ3n) is 4.57. The molecule has 3 aromatic rings. The van der Waals surface area contributed by atoms with Crippen molar-refractivity contribution < 1.29 is 14.3 Å². The fourth-order valence-corrected chi connectivity index (χ4v) is 3.34. The van der Waals surface area contributed by atoms with Gasteiger partial charge in [0.25, 0.3) is 0 Å². The number of aliphatic imine (C=N–C) groups is 1. The zero-order valence-electron chi connectivity index (χ0n) is 16.1. The van der Waals surface area contributed by atoms with Gasteiger partial charge in [-0.15, -0.1) is 0 Å². The molecule has 0 atom stereocenters. The Hall–Kier alpha value is -3.65. The Morgan fingerprint density at radius 2 is 2.20 bits per heavy atom. The Labute approximate surface area is 177 Å². The maximum absolute atomic E-state index is 12.0. The first-order valence-corrected chi connectivity index (χ1v) is 9.50. The first-order chi connectivity index (χ1) is 14.6. The summed E-state index contributed by atoms with van der Waals surface area (Å²) in [6.07, 6.45) is 2.76. The van der Waals surface area contributed by atoms with Gasteiger partial charge in [0.05, 0.1) is 35.5 Å². The number of hydrogen-bond acceptors (Lipinski definition) is 5. The number of ether oxygens (including phenoxy) is 2. The number of nitrogens with zero attached hydrogens (tertiary/aromatic N) is 3. The van der Waals surface area contributed by atoms with Gasteiger partial charge in [-0.1, -0.05) is 23.7 Å². The molecule has 8 nitrogen and oxygen atoms in total. The largest absolute Gasteiger partial charge is 0.491 e. The molecule has 2 N–H and O–H groups in total. The van der Waals surface area contributed by atoms with Crippen molar-refractivity contribution in [3.05, 3.63) is 64.9 Å². The van der Waals surface area contributed by atoms with Gasteiger partial charge >= 0.3 is 5.97 Å². The van der Waals surface area contributed by atoms with Crippen molar-refractivity contribution in [2.24, 2.45) is 4.99 Å². The van der Waals surface area contributed by atoms with Gasteiger partial charge in [0, 0.05) is 6.20 Å². The molecule has 152 valence electrons. The molecule has 0 aliphatic carbocycles. The van der Waals surface area contributed by atoms with E-state index in [4.69, 9.17) is 31.5 Å². The van der Waals surface area contributed by atoms with Crippen LogP contribution >= 0.6 is 11.6 Å². The van der Waals surface area contributed by atoms with Crippen molar-refractivity contribution in [2.45, 2.75) is 6.54 Å². The predicted octanol–water partition coefficient (Wildman–Crippen LogP) is 3.85. The smallest absolute Gasteiger partial charge is 0.337 e. The lowest BCUT2D eigenvalue weighted by Gasteiger charge is -2.09. The third kappa shape index (κ3) is 3.77. The zero-order valence-corrected chi connectivity index (χ0v) is 16.8. The molecule has 0 saturated carbocycles. The number of nitrogens with one attached hydrogen (secondary N) is 2. The molecule has 2 heterocycles. The Morgan fingerprint density at radius 3 is 2.97 bits per heavy atom. The number of methoxy groups -OCH3 is 1. The SMILES string of the molecule is COC(=O)c1ccc2c(c1)-c1nc(/C(=N/C=N)Nc3ccccc3Cl)cn1CCO2. The van der Waals surface area contributed by atoms with Crippen molar-refractivity contribution in [1.82, 2.24) is 9.55 Å². The van der Waals surface area contributed by atoms with Crippen LogP contribution in [0, 0.1) is 5.41 Å². The quantitative estimate of drug-likeness (QED) is 0.377. The van der Waals surface area contributed by atoms with E-state index >= 15 is 0 Å². The fourth-order valence-electron chi connectivity index (χ4n) is 3.16. The van der Waals surface area contributed by atoms with Gasteiger partial charge in [0.2, 0.25) is 0 Å². The first kappa shape index (κ1) is 19.7. The van der Waals surface area contributed by atoms with Gasteiger partial charge in [0.15, 0.2) is 5.84 Å². The van der Waals surface area contributed by atoms with Crippen LogP contribution in [0.3, 0.4) is 0 Å². The summed E-state index contributed by atoms with van der Waals surface area (Å²) in [7, 11) is 1.34. The molecule has 1 aliphatic rings. The molecule has 30 heavy (non-hydrogen) atoms. The van der Waals surface area contributed by atoms with Gasteiger partial charge in [-0.3, -0.25) is 5.41 Å². The van der Waals surface area contributed by atoms with Crippen molar-refractivity contribution in [3.8, 4) is 17.1 Å². The van der Waals surface area contributed by atoms with Crippen LogP contribution in [-0.4, -0.2) is 41.4 Å². The second kappa shape index (κ2) is 8.38. The Kier molecular flexibility index (Phi) is 5.49. The summed E-state index contributed by atoms with van der Waals surface area (Å²) < 4.78 is 12.6. The minimum Gasteiger partial charge on any atom is -0.491 e. The molecular formula is C21H18ClN5O3. The number of amidine groups is 1. The van der Waals surface area contributed by atoms with Crippen LogP contribution in [0.25, 0.3) is 11.4 Å². The summed E-state index contributed by atoms with van der Waals surface area (Å²) in [5.41, 5.74) is 2.26. The second-order valence-electron chi connectivity index (χ2n) is 6.41. The average molecular weight is 424 g/mol. The van der Waals surface area contributed by atoms with E-state index in [0.29, 0.717) is 58.1 Å². The highest BCUT2D eigenvalue weighted by Gasteiger charge is 2.22. The van der Waals surface area contributed by atoms with Crippen molar-refractivity contribution in [2.75, 3.05) is 19.0 Å². The molecule has 1 aliphatic heterocycles. The van der Waals surface area contributed by atoms with Gasteiger partial charge < -0.3 is 19.4 Å². The highest BCUT2D eigenvalue weighted by molar-refractivity contribution is 6.34. The maximum atomic E-state index is 12.0. The summed E-state index contributed by atoms with van der Waals surface area (Å²) >= 11 is 6.25. The second-order valence-corrected chi connectivity index (χ2v) is 6.81. The van der Waals surface area contributed by atoms with Crippen LogP contribution in [0.4, 0.5) is 5.69 Å². The fraction of sp³-hybridized carbons (Fsp3) is 0.143. The molecule has 2 aromatic carbocycles. The van der Waals surface area contributed by atoms with E-state index in [1.807, 2.05) is 29.0 Å². The molecule has 0 spiro atoms. The molecule has 0 amide bonds. The van der Waals surface area contributed by atoms with E-state index < -0.39 is 5.97 Å². The number of aromatic nitrogens is 2. The topological polar surface area (TPSA) is 102 Å². The van der Waals surface area contributed by atoms with Crippen molar-refractivity contribution in [3.63, 3.8) is 0 Å². The molecule has 0 bridgehead atoms. The number of anilines is 1. The van der Waals surface area contributed by atoms with Crippen LogP contribution in [-0.2, 0) is 11.3 Å². The van der Waals surface area contributed by atoms with Crippen LogP contribution in [0.5, 0.6) is 5.75 Å². The number of imidazole rings is 1. The van der Waals surface area contributed by atoms with Gasteiger partial charge in [-0.05, 0) is 30.3 Å². The van der Waals surface area contributed by atoms with Crippen LogP contribution in [0.15, 0.2) is 53.7 Å². The number of para-hydroxylation sites is 1. The molecule has 0 unspecified atom stereocenters. The van der Waals surface area contributed by atoms with Gasteiger partial charge in [-0.2, -0.15) is 0 Å². The maximum Gasteiger partial charge on any atom is 0.337 e. The first-order valence-electron chi connectivity index (χ1n) is 9.12. The summed E-state index contributed by atoms with van der Waals surface area (Å²) in [4.78, 5) is 20.8. The Bertz CT molecular complexity index is 1160. The zero-order chi connectivity index (χ0) is 21.1. The lowest BCUT2D eigenvalue weighted by atomic mass is 10.1. The lowest BCUT2D eigenvalue weighted by molar-refractivity contribution is 0.0600. The number of carbonyl (C=O) groups is 1. The normalized spacial score (nSPS) is 12.8. The monoisotopic (exact) mass is 423 g/mol. The highest BCUT2D eigenvalue weighted by atomic mass is 35.5. The average Bonchev–Trinajstić information content (AvgIpc) is 3.11. The summed E-state index contributed by atoms with van der Waals surface area (Å²) in [5, 5.41) is 11.1. The molecule has 4 rings (SSSR count). The van der Waals surface area contributed by atoms with Crippen molar-refractivity contribution >= 4 is 35.4 Å². The number of halogens is 1. The summed E-state index contributed by atoms with van der Waals surface area (Å²) in [6, 6.07) is 12.3. The minimum atomic E-state index is -0.438. The van der Waals surface area contributed by atoms with Crippen LogP contribution in [0.2, 0.25) is 5.02 Å². The third-order valence-corrected chi connectivity index (χ3v) is 4.90. The molecule has 0 fully saturated rings. The molecule has 9 heteroatoms. The van der Waals surface area contributed by atoms with Gasteiger partial charge in [-0.25, -0.2) is 14.8 Å². The van der Waals surface area contributed by atoms with E-state index in [2.05, 4.69) is 10.3 Å². The molecule has 0 saturated heterocycles. The number of rotatable bonds is 4. The van der Waals surface area contributed by atoms with E-state index in [0.717, 1.165) is 6.34 Å². The Balaban J connectivity index is 1.77. The number of hydrogen-bond donors (Lipinski definition) is 2. The minimum absolute atomic E-state index is 0.380. The number of benzene rings is 2. The number of carbonyl (C=O) groups excluding carboxylic acids is 1. The van der Waals surface area contributed by atoms with E-state index in [1.54, 1.807) is 24.3 Å². The molecular weight excluding hydrogens is 406 g/mol. The van der Waals surface area contributed by atoms with Crippen molar-refractivity contribution in [1.29, 1.82) is 5.41 Å². The van der Waals surface area contributed by atoms with Gasteiger partial charge in [0.1, 0.15) is 30.2 Å². The number of fused-ring (bicyclic) bond motifs is 3. The van der Waals surface area contributed by atoms with E-state index in [-0.39, 0.29) is 0 Å². The standard InChI is InChI=1S/C21H18ClN5O3/c1-29-21(28)13-6-7-18-14(10-13)20-26-17(11-27(20)8-9-30-18)19(24-12-23)25-16-5-3-2-4-15(16)22/h2-7,10-12H,8-9H2,1H3,(H2,23,24,25). The summed E-state index contributed by atoms with van der Waals surface area (Å²) in [5.74, 6) is 1.20. The highest BCUT2D eigenvalue weighted by Crippen LogP contribution is 2.33.